The highest BCUT2D eigenvalue weighted by Crippen LogP contribution is 2.58. The van der Waals surface area contributed by atoms with Crippen LogP contribution in [0.5, 0.6) is 0 Å². The van der Waals surface area contributed by atoms with E-state index >= 15 is 0 Å². The highest BCUT2D eigenvalue weighted by atomic mass is 16.2. The van der Waals surface area contributed by atoms with E-state index in [9.17, 15) is 4.79 Å². The summed E-state index contributed by atoms with van der Waals surface area (Å²) in [6, 6.07) is 0.482. The molecule has 0 aromatic heterocycles. The van der Waals surface area contributed by atoms with Gasteiger partial charge in [0.05, 0.1) is 5.54 Å². The van der Waals surface area contributed by atoms with Crippen molar-refractivity contribution in [3.63, 3.8) is 0 Å². The van der Waals surface area contributed by atoms with E-state index in [-0.39, 0.29) is 11.4 Å². The first-order chi connectivity index (χ1) is 9.17. The normalized spacial score (nSPS) is 51.5. The van der Waals surface area contributed by atoms with Crippen molar-refractivity contribution in [2.45, 2.75) is 63.5 Å². The molecule has 1 aliphatic heterocycles. The lowest BCUT2D eigenvalue weighted by Gasteiger charge is -2.34. The second-order valence-electron chi connectivity index (χ2n) is 7.60. The van der Waals surface area contributed by atoms with Crippen LogP contribution < -0.4 is 10.6 Å². The third-order valence-electron chi connectivity index (χ3n) is 6.62. The van der Waals surface area contributed by atoms with Crippen LogP contribution in [0.1, 0.15) is 51.9 Å². The number of carbonyl (C=O) groups is 1. The zero-order chi connectivity index (χ0) is 13.0. The summed E-state index contributed by atoms with van der Waals surface area (Å²) in [6.45, 7) is 3.06. The number of rotatable bonds is 2. The molecule has 0 aromatic carbocycles. The Morgan fingerprint density at radius 1 is 1.16 bits per heavy atom. The molecule has 4 fully saturated rings. The Morgan fingerprint density at radius 3 is 2.79 bits per heavy atom. The Kier molecular flexibility index (Phi) is 2.70. The summed E-state index contributed by atoms with van der Waals surface area (Å²) in [7, 11) is 0. The lowest BCUT2D eigenvalue weighted by Crippen LogP contribution is -2.55. The van der Waals surface area contributed by atoms with E-state index in [1.165, 1.54) is 32.1 Å². The average molecular weight is 262 g/mol. The highest BCUT2D eigenvalue weighted by molar-refractivity contribution is 5.86. The van der Waals surface area contributed by atoms with Gasteiger partial charge in [0, 0.05) is 6.04 Å². The molecule has 6 unspecified atom stereocenters. The minimum absolute atomic E-state index is 0.261. The standard InChI is InChI=1S/C16H26N2O/c1-16(6-3-7-17-16)15(19)18-14-9-10-8-13(14)12-5-2-4-11(10)12/h10-14,17H,2-9H2,1H3,(H,18,19). The van der Waals surface area contributed by atoms with Crippen LogP contribution in [0.3, 0.4) is 0 Å². The van der Waals surface area contributed by atoms with Crippen molar-refractivity contribution in [2.24, 2.45) is 23.7 Å². The van der Waals surface area contributed by atoms with Gasteiger partial charge in [-0.05, 0) is 75.7 Å². The fourth-order valence-corrected chi connectivity index (χ4v) is 5.65. The summed E-state index contributed by atoms with van der Waals surface area (Å²) in [5.74, 6) is 3.93. The molecule has 0 radical (unpaired) electrons. The molecule has 4 rings (SSSR count). The molecule has 1 heterocycles. The maximum absolute atomic E-state index is 12.5. The SMILES string of the molecule is CC1(C(=O)NC2CC3CC2C2CCCC32)CCCN1. The van der Waals surface area contributed by atoms with E-state index in [4.69, 9.17) is 0 Å². The van der Waals surface area contributed by atoms with Crippen LogP contribution in [0.25, 0.3) is 0 Å². The van der Waals surface area contributed by atoms with Crippen LogP contribution in [0, 0.1) is 23.7 Å². The largest absolute Gasteiger partial charge is 0.351 e. The van der Waals surface area contributed by atoms with E-state index in [0.29, 0.717) is 6.04 Å². The van der Waals surface area contributed by atoms with E-state index in [2.05, 4.69) is 17.6 Å². The Bertz CT molecular complexity index is 388. The lowest BCUT2D eigenvalue weighted by atomic mass is 9.79. The third kappa shape index (κ3) is 1.77. The molecule has 1 amide bonds. The average Bonchev–Trinajstić information content (AvgIpc) is 3.08. The van der Waals surface area contributed by atoms with Gasteiger partial charge < -0.3 is 10.6 Å². The molecule has 19 heavy (non-hydrogen) atoms. The summed E-state index contributed by atoms with van der Waals surface area (Å²) < 4.78 is 0. The molecule has 3 heteroatoms. The van der Waals surface area contributed by atoms with Gasteiger partial charge in [-0.15, -0.1) is 0 Å². The molecule has 1 saturated heterocycles. The molecule has 106 valence electrons. The first-order valence-electron chi connectivity index (χ1n) is 8.23. The molecule has 0 aromatic rings. The fourth-order valence-electron chi connectivity index (χ4n) is 5.65. The Hall–Kier alpha value is -0.570. The van der Waals surface area contributed by atoms with Gasteiger partial charge in [0.15, 0.2) is 0 Å². The van der Waals surface area contributed by atoms with Gasteiger partial charge in [0.2, 0.25) is 5.91 Å². The summed E-state index contributed by atoms with van der Waals surface area (Å²) >= 11 is 0. The van der Waals surface area contributed by atoms with Crippen molar-refractivity contribution in [2.75, 3.05) is 6.54 Å². The summed E-state index contributed by atoms with van der Waals surface area (Å²) in [6.07, 6.45) is 9.09. The zero-order valence-corrected chi connectivity index (χ0v) is 12.0. The van der Waals surface area contributed by atoms with Gasteiger partial charge in [-0.2, -0.15) is 0 Å². The Labute approximate surface area is 115 Å². The second kappa shape index (κ2) is 4.21. The highest BCUT2D eigenvalue weighted by Gasteiger charge is 2.54. The van der Waals surface area contributed by atoms with Crippen LogP contribution in [0.2, 0.25) is 0 Å². The zero-order valence-electron chi connectivity index (χ0n) is 12.0. The van der Waals surface area contributed by atoms with Crippen molar-refractivity contribution in [3.8, 4) is 0 Å². The van der Waals surface area contributed by atoms with Crippen LogP contribution >= 0.6 is 0 Å². The van der Waals surface area contributed by atoms with Gasteiger partial charge in [0.25, 0.3) is 0 Å². The first-order valence-corrected chi connectivity index (χ1v) is 8.23. The Morgan fingerprint density at radius 2 is 2.00 bits per heavy atom. The van der Waals surface area contributed by atoms with Gasteiger partial charge in [-0.1, -0.05) is 6.42 Å². The van der Waals surface area contributed by atoms with E-state index in [0.717, 1.165) is 43.1 Å². The fraction of sp³-hybridized carbons (Fsp3) is 0.938. The van der Waals surface area contributed by atoms with E-state index in [1.54, 1.807) is 0 Å². The van der Waals surface area contributed by atoms with Crippen molar-refractivity contribution in [1.82, 2.24) is 10.6 Å². The van der Waals surface area contributed by atoms with Crippen molar-refractivity contribution in [3.05, 3.63) is 0 Å². The predicted molar refractivity (Wildman–Crippen MR) is 74.6 cm³/mol. The first kappa shape index (κ1) is 12.2. The molecule has 3 aliphatic carbocycles. The van der Waals surface area contributed by atoms with Crippen molar-refractivity contribution >= 4 is 5.91 Å². The van der Waals surface area contributed by atoms with Gasteiger partial charge in [-0.25, -0.2) is 0 Å². The number of fused-ring (bicyclic) bond motifs is 5. The minimum Gasteiger partial charge on any atom is -0.351 e. The molecular weight excluding hydrogens is 236 g/mol. The molecule has 2 N–H and O–H groups in total. The molecule has 6 atom stereocenters. The second-order valence-corrected chi connectivity index (χ2v) is 7.60. The number of hydrogen-bond donors (Lipinski definition) is 2. The van der Waals surface area contributed by atoms with Gasteiger partial charge in [-0.3, -0.25) is 4.79 Å². The van der Waals surface area contributed by atoms with Crippen LogP contribution in [0.4, 0.5) is 0 Å². The topological polar surface area (TPSA) is 41.1 Å². The van der Waals surface area contributed by atoms with Crippen LogP contribution in [-0.2, 0) is 4.79 Å². The van der Waals surface area contributed by atoms with Crippen molar-refractivity contribution in [1.29, 1.82) is 0 Å². The predicted octanol–water partition coefficient (Wildman–Crippen LogP) is 2.07. The molecular formula is C16H26N2O. The number of amides is 1. The van der Waals surface area contributed by atoms with Crippen LogP contribution in [0.15, 0.2) is 0 Å². The molecule has 3 saturated carbocycles. The van der Waals surface area contributed by atoms with E-state index < -0.39 is 0 Å². The third-order valence-corrected chi connectivity index (χ3v) is 6.62. The summed E-state index contributed by atoms with van der Waals surface area (Å²) in [4.78, 5) is 12.5. The molecule has 0 spiro atoms. The van der Waals surface area contributed by atoms with Crippen molar-refractivity contribution < 1.29 is 4.79 Å². The monoisotopic (exact) mass is 262 g/mol. The van der Waals surface area contributed by atoms with Gasteiger partial charge >= 0.3 is 0 Å². The smallest absolute Gasteiger partial charge is 0.240 e. The number of nitrogens with one attached hydrogen (secondary N) is 2. The maximum atomic E-state index is 12.5. The number of hydrogen-bond acceptors (Lipinski definition) is 2. The minimum atomic E-state index is -0.295. The summed E-state index contributed by atoms with van der Waals surface area (Å²) in [5.41, 5.74) is -0.295. The van der Waals surface area contributed by atoms with E-state index in [1.807, 2.05) is 0 Å². The maximum Gasteiger partial charge on any atom is 0.240 e. The lowest BCUT2D eigenvalue weighted by molar-refractivity contribution is -0.127. The molecule has 3 nitrogen and oxygen atoms in total. The van der Waals surface area contributed by atoms with Crippen LogP contribution in [-0.4, -0.2) is 24.0 Å². The quantitative estimate of drug-likeness (QED) is 0.800. The Balaban J connectivity index is 1.43. The van der Waals surface area contributed by atoms with Gasteiger partial charge in [0.1, 0.15) is 0 Å². The summed E-state index contributed by atoms with van der Waals surface area (Å²) in [5, 5.41) is 6.79. The number of carbonyl (C=O) groups excluding carboxylic acids is 1. The molecule has 2 bridgehead atoms. The molecule has 4 aliphatic rings.